The summed E-state index contributed by atoms with van der Waals surface area (Å²) < 4.78 is 10.7. The minimum absolute atomic E-state index is 0.0321. The van der Waals surface area contributed by atoms with Gasteiger partial charge in [0.15, 0.2) is 6.61 Å². The number of nitrogens with one attached hydrogen (secondary N) is 1. The molecule has 1 aromatic carbocycles. The van der Waals surface area contributed by atoms with Crippen LogP contribution in [-0.2, 0) is 11.3 Å². The number of thiophene rings is 1. The van der Waals surface area contributed by atoms with Crippen molar-refractivity contribution in [2.75, 3.05) is 33.4 Å². The predicted molar refractivity (Wildman–Crippen MR) is 104 cm³/mol. The van der Waals surface area contributed by atoms with Crippen LogP contribution in [-0.4, -0.2) is 44.2 Å². The molecule has 0 atom stereocenters. The van der Waals surface area contributed by atoms with Gasteiger partial charge in [0.2, 0.25) is 0 Å². The monoisotopic (exact) mass is 374 g/mol. The van der Waals surface area contributed by atoms with Gasteiger partial charge in [0.25, 0.3) is 5.91 Å². The molecule has 1 N–H and O–H groups in total. The standard InChI is InChI=1S/C20H26N2O3S/c1-24-17-4-2-5-18(12-17)25-15-20(23)21-13-16-7-9-22(10-8-16)14-19-6-3-11-26-19/h2-6,11-12,16H,7-10,13-15H2,1H3,(H,21,23). The Morgan fingerprint density at radius 1 is 1.23 bits per heavy atom. The molecule has 1 aromatic heterocycles. The number of nitrogens with zero attached hydrogens (tertiary/aromatic N) is 1. The first kappa shape index (κ1) is 18.7. The predicted octanol–water partition coefficient (Wildman–Crippen LogP) is 3.16. The first-order valence-electron chi connectivity index (χ1n) is 9.01. The van der Waals surface area contributed by atoms with E-state index in [1.807, 2.05) is 29.5 Å². The number of amides is 1. The lowest BCUT2D eigenvalue weighted by Crippen LogP contribution is -2.39. The molecule has 2 heterocycles. The summed E-state index contributed by atoms with van der Waals surface area (Å²) in [7, 11) is 1.61. The zero-order valence-electron chi connectivity index (χ0n) is 15.1. The topological polar surface area (TPSA) is 50.8 Å². The molecule has 3 rings (SSSR count). The average molecular weight is 375 g/mol. The van der Waals surface area contributed by atoms with Crippen molar-refractivity contribution >= 4 is 17.2 Å². The van der Waals surface area contributed by atoms with E-state index >= 15 is 0 Å². The van der Waals surface area contributed by atoms with Crippen LogP contribution in [0.25, 0.3) is 0 Å². The number of ether oxygens (including phenoxy) is 2. The number of hydrogen-bond acceptors (Lipinski definition) is 5. The van der Waals surface area contributed by atoms with Crippen LogP contribution in [0.3, 0.4) is 0 Å². The molecule has 1 fully saturated rings. The largest absolute Gasteiger partial charge is 0.497 e. The van der Waals surface area contributed by atoms with E-state index in [2.05, 4.69) is 27.7 Å². The second-order valence-electron chi connectivity index (χ2n) is 6.57. The molecule has 6 heteroatoms. The first-order valence-corrected chi connectivity index (χ1v) is 9.89. The van der Waals surface area contributed by atoms with E-state index in [0.29, 0.717) is 11.7 Å². The number of methoxy groups -OCH3 is 1. The number of piperidine rings is 1. The van der Waals surface area contributed by atoms with Crippen molar-refractivity contribution in [1.82, 2.24) is 10.2 Å². The summed E-state index contributed by atoms with van der Waals surface area (Å²) in [5.41, 5.74) is 0. The highest BCUT2D eigenvalue weighted by Gasteiger charge is 2.20. The minimum atomic E-state index is -0.0752. The Bertz CT molecular complexity index is 682. The maximum absolute atomic E-state index is 12.0. The lowest BCUT2D eigenvalue weighted by Gasteiger charge is -2.31. The normalized spacial score (nSPS) is 15.6. The van der Waals surface area contributed by atoms with Gasteiger partial charge in [0, 0.05) is 24.0 Å². The van der Waals surface area contributed by atoms with E-state index in [4.69, 9.17) is 9.47 Å². The molecule has 0 unspecified atom stereocenters. The molecule has 5 nitrogen and oxygen atoms in total. The van der Waals surface area contributed by atoms with Crippen LogP contribution in [0.4, 0.5) is 0 Å². The van der Waals surface area contributed by atoms with Crippen molar-refractivity contribution in [3.05, 3.63) is 46.7 Å². The Morgan fingerprint density at radius 3 is 2.77 bits per heavy atom. The maximum Gasteiger partial charge on any atom is 0.257 e. The molecule has 0 bridgehead atoms. The molecular weight excluding hydrogens is 348 g/mol. The Morgan fingerprint density at radius 2 is 2.04 bits per heavy atom. The van der Waals surface area contributed by atoms with Gasteiger partial charge in [-0.05, 0) is 55.4 Å². The quantitative estimate of drug-likeness (QED) is 0.771. The van der Waals surface area contributed by atoms with Gasteiger partial charge in [-0.15, -0.1) is 11.3 Å². The van der Waals surface area contributed by atoms with Gasteiger partial charge < -0.3 is 14.8 Å². The first-order chi connectivity index (χ1) is 12.7. The molecule has 140 valence electrons. The maximum atomic E-state index is 12.0. The third-order valence-corrected chi connectivity index (χ3v) is 5.53. The fourth-order valence-electron chi connectivity index (χ4n) is 3.12. The summed E-state index contributed by atoms with van der Waals surface area (Å²) >= 11 is 1.82. The van der Waals surface area contributed by atoms with Crippen LogP contribution >= 0.6 is 11.3 Å². The minimum Gasteiger partial charge on any atom is -0.497 e. The third-order valence-electron chi connectivity index (χ3n) is 4.67. The molecular formula is C20H26N2O3S. The fourth-order valence-corrected chi connectivity index (χ4v) is 3.87. The Balaban J connectivity index is 1.32. The number of benzene rings is 1. The highest BCUT2D eigenvalue weighted by atomic mass is 32.1. The molecule has 1 aliphatic heterocycles. The number of carbonyl (C=O) groups is 1. The van der Waals surface area contributed by atoms with Crippen LogP contribution in [0.2, 0.25) is 0 Å². The highest BCUT2D eigenvalue weighted by molar-refractivity contribution is 7.09. The lowest BCUT2D eigenvalue weighted by molar-refractivity contribution is -0.123. The van der Waals surface area contributed by atoms with Gasteiger partial charge in [0.05, 0.1) is 7.11 Å². The van der Waals surface area contributed by atoms with E-state index in [0.717, 1.165) is 44.8 Å². The summed E-state index contributed by atoms with van der Waals surface area (Å²) in [4.78, 5) is 15.9. The average Bonchev–Trinajstić information content (AvgIpc) is 3.19. The van der Waals surface area contributed by atoms with E-state index < -0.39 is 0 Å². The van der Waals surface area contributed by atoms with Crippen molar-refractivity contribution in [3.63, 3.8) is 0 Å². The second-order valence-corrected chi connectivity index (χ2v) is 7.60. The number of hydrogen-bond donors (Lipinski definition) is 1. The van der Waals surface area contributed by atoms with Crippen molar-refractivity contribution in [2.24, 2.45) is 5.92 Å². The van der Waals surface area contributed by atoms with Crippen LogP contribution in [0.15, 0.2) is 41.8 Å². The van der Waals surface area contributed by atoms with E-state index in [1.165, 1.54) is 4.88 Å². The van der Waals surface area contributed by atoms with Crippen LogP contribution < -0.4 is 14.8 Å². The van der Waals surface area contributed by atoms with E-state index in [9.17, 15) is 4.79 Å². The SMILES string of the molecule is COc1cccc(OCC(=O)NCC2CCN(Cc3cccs3)CC2)c1. The molecule has 0 saturated carbocycles. The molecule has 0 radical (unpaired) electrons. The smallest absolute Gasteiger partial charge is 0.257 e. The zero-order valence-corrected chi connectivity index (χ0v) is 16.0. The van der Waals surface area contributed by atoms with Crippen molar-refractivity contribution < 1.29 is 14.3 Å². The summed E-state index contributed by atoms with van der Waals surface area (Å²) in [6, 6.07) is 11.6. The van der Waals surface area contributed by atoms with Crippen LogP contribution in [0.5, 0.6) is 11.5 Å². The molecule has 0 spiro atoms. The Hall–Kier alpha value is -2.05. The van der Waals surface area contributed by atoms with Gasteiger partial charge >= 0.3 is 0 Å². The summed E-state index contributed by atoms with van der Waals surface area (Å²) in [5, 5.41) is 5.13. The molecule has 1 aliphatic rings. The summed E-state index contributed by atoms with van der Waals surface area (Å²) in [6.07, 6.45) is 2.25. The molecule has 2 aromatic rings. The highest BCUT2D eigenvalue weighted by Crippen LogP contribution is 2.20. The van der Waals surface area contributed by atoms with Crippen molar-refractivity contribution in [1.29, 1.82) is 0 Å². The summed E-state index contributed by atoms with van der Waals surface area (Å²) in [5.74, 6) is 1.84. The Labute approximate surface area is 158 Å². The number of carbonyl (C=O) groups excluding carboxylic acids is 1. The molecule has 1 saturated heterocycles. The Kier molecular flexibility index (Phi) is 6.91. The molecule has 0 aliphatic carbocycles. The van der Waals surface area contributed by atoms with Crippen LogP contribution in [0, 0.1) is 5.92 Å². The molecule has 26 heavy (non-hydrogen) atoms. The van der Waals surface area contributed by atoms with E-state index in [-0.39, 0.29) is 12.5 Å². The summed E-state index contributed by atoms with van der Waals surface area (Å²) in [6.45, 7) is 4.00. The van der Waals surface area contributed by atoms with Gasteiger partial charge in [-0.2, -0.15) is 0 Å². The van der Waals surface area contributed by atoms with E-state index in [1.54, 1.807) is 13.2 Å². The lowest BCUT2D eigenvalue weighted by atomic mass is 9.97. The van der Waals surface area contributed by atoms with Gasteiger partial charge in [-0.1, -0.05) is 12.1 Å². The van der Waals surface area contributed by atoms with Gasteiger partial charge in [-0.3, -0.25) is 9.69 Å². The zero-order chi connectivity index (χ0) is 18.2. The van der Waals surface area contributed by atoms with Crippen molar-refractivity contribution in [2.45, 2.75) is 19.4 Å². The second kappa shape index (κ2) is 9.59. The number of likely N-dealkylation sites (tertiary alicyclic amines) is 1. The third kappa shape index (κ3) is 5.75. The fraction of sp³-hybridized carbons (Fsp3) is 0.450. The van der Waals surface area contributed by atoms with Crippen LogP contribution in [0.1, 0.15) is 17.7 Å². The number of rotatable bonds is 8. The van der Waals surface area contributed by atoms with Gasteiger partial charge in [-0.25, -0.2) is 0 Å². The van der Waals surface area contributed by atoms with Gasteiger partial charge in [0.1, 0.15) is 11.5 Å². The van der Waals surface area contributed by atoms with Crippen molar-refractivity contribution in [3.8, 4) is 11.5 Å². The molecule has 1 amide bonds.